The van der Waals surface area contributed by atoms with Crippen LogP contribution in [-0.2, 0) is 14.6 Å². The summed E-state index contributed by atoms with van der Waals surface area (Å²) in [6.07, 6.45) is 1.13. The number of hydrogen-bond donors (Lipinski definition) is 2. The number of hydrogen-bond acceptors (Lipinski definition) is 9. The number of rotatable bonds is 7. The fourth-order valence-electron chi connectivity index (χ4n) is 2.20. The Morgan fingerprint density at radius 1 is 1.28 bits per heavy atom. The summed E-state index contributed by atoms with van der Waals surface area (Å²) in [6.45, 7) is 0. The molecule has 0 aliphatic carbocycles. The number of nitrogens with one attached hydrogen (secondary N) is 1. The molecular formula is C17H15ClN4O4S3. The molecule has 0 spiro atoms. The lowest BCUT2D eigenvalue weighted by atomic mass is 10.3. The van der Waals surface area contributed by atoms with Gasteiger partial charge < -0.3 is 15.8 Å². The van der Waals surface area contributed by atoms with Crippen molar-refractivity contribution in [3.63, 3.8) is 0 Å². The Labute approximate surface area is 180 Å². The van der Waals surface area contributed by atoms with Gasteiger partial charge in [-0.15, -0.1) is 11.3 Å². The zero-order chi connectivity index (χ0) is 21.0. The number of nitrogens with zero attached hydrogens (tertiary/aromatic N) is 2. The second-order valence-electron chi connectivity index (χ2n) is 5.53. The first-order chi connectivity index (χ1) is 13.8. The van der Waals surface area contributed by atoms with Crippen LogP contribution in [-0.4, -0.2) is 37.2 Å². The predicted molar refractivity (Wildman–Crippen MR) is 114 cm³/mol. The molecule has 0 saturated carbocycles. The Balaban J connectivity index is 1.65. The molecule has 1 aromatic carbocycles. The fourth-order valence-corrected chi connectivity index (χ4v) is 5.69. The molecule has 2 aromatic heterocycles. The van der Waals surface area contributed by atoms with Gasteiger partial charge in [-0.05, 0) is 36.4 Å². The van der Waals surface area contributed by atoms with E-state index in [9.17, 15) is 13.2 Å². The molecule has 0 saturated heterocycles. The van der Waals surface area contributed by atoms with Crippen molar-refractivity contribution in [1.82, 2.24) is 9.97 Å². The summed E-state index contributed by atoms with van der Waals surface area (Å²) in [4.78, 5) is 19.9. The van der Waals surface area contributed by atoms with E-state index in [4.69, 9.17) is 22.1 Å². The SMILES string of the molecule is COc1ccc(NC(=O)CSc2ncc(S(=O)(=O)c3ccc(Cl)s3)c(N)n2)cc1. The molecule has 1 amide bonds. The molecular weight excluding hydrogens is 456 g/mol. The Morgan fingerprint density at radius 3 is 2.59 bits per heavy atom. The van der Waals surface area contributed by atoms with Crippen LogP contribution in [0.15, 0.2) is 56.9 Å². The number of aromatic nitrogens is 2. The highest BCUT2D eigenvalue weighted by Crippen LogP contribution is 2.32. The first-order valence-electron chi connectivity index (χ1n) is 7.99. The summed E-state index contributed by atoms with van der Waals surface area (Å²) in [6, 6.07) is 9.77. The number of amides is 1. The minimum atomic E-state index is -3.86. The zero-order valence-corrected chi connectivity index (χ0v) is 18.2. The van der Waals surface area contributed by atoms with E-state index in [0.717, 1.165) is 29.3 Å². The Kier molecular flexibility index (Phi) is 6.63. The number of ether oxygens (including phenoxy) is 1. The van der Waals surface area contributed by atoms with Crippen molar-refractivity contribution in [3.8, 4) is 5.75 Å². The van der Waals surface area contributed by atoms with Crippen molar-refractivity contribution in [2.75, 3.05) is 23.9 Å². The van der Waals surface area contributed by atoms with Gasteiger partial charge in [0.25, 0.3) is 0 Å². The van der Waals surface area contributed by atoms with Crippen molar-refractivity contribution in [1.29, 1.82) is 0 Å². The zero-order valence-electron chi connectivity index (χ0n) is 15.0. The molecule has 8 nitrogen and oxygen atoms in total. The minimum absolute atomic E-state index is 0.0259. The van der Waals surface area contributed by atoms with E-state index in [1.807, 2.05) is 0 Å². The average molecular weight is 471 g/mol. The fraction of sp³-hybridized carbons (Fsp3) is 0.118. The van der Waals surface area contributed by atoms with Crippen molar-refractivity contribution < 1.29 is 17.9 Å². The first kappa shape index (κ1) is 21.4. The van der Waals surface area contributed by atoms with Crippen LogP contribution >= 0.6 is 34.7 Å². The first-order valence-corrected chi connectivity index (χ1v) is 11.7. The van der Waals surface area contributed by atoms with Crippen molar-refractivity contribution in [3.05, 3.63) is 46.9 Å². The van der Waals surface area contributed by atoms with Crippen molar-refractivity contribution in [2.24, 2.45) is 0 Å². The molecule has 0 aliphatic heterocycles. The Morgan fingerprint density at radius 2 is 2.00 bits per heavy atom. The van der Waals surface area contributed by atoms with Crippen LogP contribution in [0, 0.1) is 0 Å². The van der Waals surface area contributed by atoms with Gasteiger partial charge in [0.15, 0.2) is 5.16 Å². The van der Waals surface area contributed by atoms with E-state index in [1.54, 1.807) is 31.4 Å². The number of anilines is 2. The maximum absolute atomic E-state index is 12.6. The topological polar surface area (TPSA) is 124 Å². The molecule has 0 atom stereocenters. The predicted octanol–water partition coefficient (Wildman–Crippen LogP) is 3.35. The van der Waals surface area contributed by atoms with E-state index in [-0.39, 0.29) is 31.7 Å². The molecule has 3 aromatic rings. The van der Waals surface area contributed by atoms with Gasteiger partial charge in [-0.25, -0.2) is 18.4 Å². The largest absolute Gasteiger partial charge is 0.497 e. The number of carbonyl (C=O) groups is 1. The molecule has 29 heavy (non-hydrogen) atoms. The summed E-state index contributed by atoms with van der Waals surface area (Å²) >= 11 is 7.76. The standard InChI is InChI=1S/C17H15ClN4O4S3/c1-26-11-4-2-10(3-5-11)21-14(23)9-27-17-20-8-12(16(19)22-17)29(24,25)15-7-6-13(18)28-15/h2-8H,9H2,1H3,(H,21,23)(H2,19,20,22). The van der Waals surface area contributed by atoms with Crippen LogP contribution in [0.4, 0.5) is 11.5 Å². The van der Waals surface area contributed by atoms with Gasteiger partial charge in [0.2, 0.25) is 15.7 Å². The van der Waals surface area contributed by atoms with Crippen molar-refractivity contribution >= 4 is 61.9 Å². The van der Waals surface area contributed by atoms with Crippen LogP contribution in [0.2, 0.25) is 4.34 Å². The Hall–Kier alpha value is -2.34. The number of halogens is 1. The number of thioether (sulfide) groups is 1. The lowest BCUT2D eigenvalue weighted by molar-refractivity contribution is -0.113. The normalized spacial score (nSPS) is 11.2. The van der Waals surface area contributed by atoms with E-state index in [1.165, 1.54) is 12.1 Å². The second kappa shape index (κ2) is 8.99. The number of methoxy groups -OCH3 is 1. The van der Waals surface area contributed by atoms with Gasteiger partial charge in [-0.3, -0.25) is 4.79 Å². The summed E-state index contributed by atoms with van der Waals surface area (Å²) in [5.74, 6) is 0.244. The van der Waals surface area contributed by atoms with Crippen LogP contribution in [0.1, 0.15) is 0 Å². The third-order valence-electron chi connectivity index (χ3n) is 3.57. The summed E-state index contributed by atoms with van der Waals surface area (Å²) in [5, 5.41) is 2.92. The molecule has 3 N–H and O–H groups in total. The maximum atomic E-state index is 12.6. The Bertz CT molecular complexity index is 1130. The van der Waals surface area contributed by atoms with E-state index >= 15 is 0 Å². The van der Waals surface area contributed by atoms with Gasteiger partial charge >= 0.3 is 0 Å². The van der Waals surface area contributed by atoms with E-state index in [0.29, 0.717) is 15.8 Å². The molecule has 0 aliphatic rings. The van der Waals surface area contributed by atoms with Gasteiger partial charge in [0.1, 0.15) is 20.7 Å². The molecule has 152 valence electrons. The lowest BCUT2D eigenvalue weighted by Crippen LogP contribution is -2.14. The molecule has 0 fully saturated rings. The number of carbonyl (C=O) groups excluding carboxylic acids is 1. The van der Waals surface area contributed by atoms with Crippen LogP contribution in [0.25, 0.3) is 0 Å². The summed E-state index contributed by atoms with van der Waals surface area (Å²) < 4.78 is 30.7. The third-order valence-corrected chi connectivity index (χ3v) is 7.92. The molecule has 0 radical (unpaired) electrons. The van der Waals surface area contributed by atoms with Gasteiger partial charge in [0.05, 0.1) is 23.4 Å². The number of benzene rings is 1. The highest BCUT2D eigenvalue weighted by Gasteiger charge is 2.24. The molecule has 3 rings (SSSR count). The van der Waals surface area contributed by atoms with E-state index in [2.05, 4.69) is 15.3 Å². The maximum Gasteiger partial charge on any atom is 0.234 e. The number of sulfone groups is 1. The second-order valence-corrected chi connectivity index (χ2v) is 10.3. The van der Waals surface area contributed by atoms with Gasteiger partial charge in [-0.2, -0.15) is 0 Å². The molecule has 12 heteroatoms. The van der Waals surface area contributed by atoms with Crippen molar-refractivity contribution in [2.45, 2.75) is 14.3 Å². The summed E-state index contributed by atoms with van der Waals surface area (Å²) in [7, 11) is -2.30. The lowest BCUT2D eigenvalue weighted by Gasteiger charge is -2.07. The average Bonchev–Trinajstić information content (AvgIpc) is 3.14. The highest BCUT2D eigenvalue weighted by atomic mass is 35.5. The summed E-state index contributed by atoms with van der Waals surface area (Å²) in [5.41, 5.74) is 6.44. The van der Waals surface area contributed by atoms with Crippen LogP contribution < -0.4 is 15.8 Å². The number of thiophene rings is 1. The smallest absolute Gasteiger partial charge is 0.234 e. The molecule has 0 bridgehead atoms. The van der Waals surface area contributed by atoms with Crippen LogP contribution in [0.5, 0.6) is 5.75 Å². The number of nitrogens with two attached hydrogens (primary N) is 1. The molecule has 0 unspecified atom stereocenters. The number of nitrogen functional groups attached to an aromatic ring is 1. The van der Waals surface area contributed by atoms with E-state index < -0.39 is 9.84 Å². The third kappa shape index (κ3) is 5.18. The highest BCUT2D eigenvalue weighted by molar-refractivity contribution is 7.99. The molecule has 2 heterocycles. The van der Waals surface area contributed by atoms with Crippen LogP contribution in [0.3, 0.4) is 0 Å². The quantitative estimate of drug-likeness (QED) is 0.398. The van der Waals surface area contributed by atoms with Gasteiger partial charge in [0, 0.05) is 5.69 Å². The monoisotopic (exact) mass is 470 g/mol. The van der Waals surface area contributed by atoms with Gasteiger partial charge in [-0.1, -0.05) is 23.4 Å². The minimum Gasteiger partial charge on any atom is -0.497 e.